The number of barbiturate groups is 1. The largest absolute Gasteiger partial charge is 0.488 e. The van der Waals surface area contributed by atoms with Crippen LogP contribution < -0.4 is 24.4 Å². The standard InChI is InChI=1S/C26H19BrN2O6/c1-15-2-6-19(7-3-15)29-25(31)20(24(30)28-26(29)32)12-17-11-18(27)5-9-21(17)33-13-16-4-8-22-23(10-16)35-14-34-22/h2-12H,13-14H2,1H3,(H,28,30,32)/b20-12+. The van der Waals surface area contributed by atoms with E-state index in [1.54, 1.807) is 42.5 Å². The Bertz CT molecular complexity index is 1380. The highest BCUT2D eigenvalue weighted by Crippen LogP contribution is 2.33. The number of ether oxygens (including phenoxy) is 3. The molecule has 8 nitrogen and oxygen atoms in total. The number of aryl methyl sites for hydroxylation is 1. The van der Waals surface area contributed by atoms with Gasteiger partial charge in [-0.3, -0.25) is 14.9 Å². The van der Waals surface area contributed by atoms with Gasteiger partial charge < -0.3 is 14.2 Å². The molecule has 176 valence electrons. The topological polar surface area (TPSA) is 94.2 Å². The van der Waals surface area contributed by atoms with Crippen molar-refractivity contribution in [2.45, 2.75) is 13.5 Å². The molecular formula is C26H19BrN2O6. The first kappa shape index (κ1) is 22.7. The van der Waals surface area contributed by atoms with Crippen molar-refractivity contribution in [1.29, 1.82) is 0 Å². The minimum absolute atomic E-state index is 0.183. The lowest BCUT2D eigenvalue weighted by molar-refractivity contribution is -0.122. The molecule has 35 heavy (non-hydrogen) atoms. The van der Waals surface area contributed by atoms with E-state index >= 15 is 0 Å². The van der Waals surface area contributed by atoms with Gasteiger partial charge in [0.2, 0.25) is 6.79 Å². The predicted octanol–water partition coefficient (Wildman–Crippen LogP) is 4.73. The number of rotatable bonds is 5. The molecule has 1 fully saturated rings. The molecule has 0 atom stereocenters. The number of nitrogens with one attached hydrogen (secondary N) is 1. The summed E-state index contributed by atoms with van der Waals surface area (Å²) < 4.78 is 17.5. The van der Waals surface area contributed by atoms with Crippen LogP contribution in [0.15, 0.2) is 70.7 Å². The van der Waals surface area contributed by atoms with E-state index in [2.05, 4.69) is 21.2 Å². The van der Waals surface area contributed by atoms with Gasteiger partial charge in [0.25, 0.3) is 11.8 Å². The van der Waals surface area contributed by atoms with Crippen LogP contribution in [0.4, 0.5) is 10.5 Å². The van der Waals surface area contributed by atoms with E-state index in [4.69, 9.17) is 14.2 Å². The number of hydrogen-bond donors (Lipinski definition) is 1. The highest BCUT2D eigenvalue weighted by Gasteiger charge is 2.37. The summed E-state index contributed by atoms with van der Waals surface area (Å²) in [6.45, 7) is 2.31. The quantitative estimate of drug-likeness (QED) is 0.375. The molecule has 5 rings (SSSR count). The number of anilines is 1. The van der Waals surface area contributed by atoms with Crippen LogP contribution >= 0.6 is 15.9 Å². The average molecular weight is 535 g/mol. The summed E-state index contributed by atoms with van der Waals surface area (Å²) in [5.74, 6) is 0.291. The Balaban J connectivity index is 1.44. The van der Waals surface area contributed by atoms with Gasteiger partial charge in [0.15, 0.2) is 11.5 Å². The molecule has 2 heterocycles. The number of nitrogens with zero attached hydrogens (tertiary/aromatic N) is 1. The highest BCUT2D eigenvalue weighted by molar-refractivity contribution is 9.10. The summed E-state index contributed by atoms with van der Waals surface area (Å²) in [7, 11) is 0. The highest BCUT2D eigenvalue weighted by atomic mass is 79.9. The van der Waals surface area contributed by atoms with Crippen LogP contribution in [0.3, 0.4) is 0 Å². The maximum atomic E-state index is 13.2. The van der Waals surface area contributed by atoms with Crippen molar-refractivity contribution < 1.29 is 28.6 Å². The Labute approximate surface area is 209 Å². The molecule has 9 heteroatoms. The number of urea groups is 1. The van der Waals surface area contributed by atoms with Crippen molar-refractivity contribution in [3.8, 4) is 17.2 Å². The molecule has 0 aromatic heterocycles. The molecule has 3 aromatic carbocycles. The van der Waals surface area contributed by atoms with Gasteiger partial charge in [-0.05, 0) is 61.0 Å². The number of carbonyl (C=O) groups excluding carboxylic acids is 3. The number of hydrogen-bond acceptors (Lipinski definition) is 6. The summed E-state index contributed by atoms with van der Waals surface area (Å²) in [6, 6.07) is 16.9. The van der Waals surface area contributed by atoms with Crippen LogP contribution in [0.25, 0.3) is 6.08 Å². The molecule has 2 aliphatic heterocycles. The first-order chi connectivity index (χ1) is 16.9. The number of fused-ring (bicyclic) bond motifs is 1. The van der Waals surface area contributed by atoms with Crippen LogP contribution in [0.5, 0.6) is 17.2 Å². The third-order valence-electron chi connectivity index (χ3n) is 5.50. The molecular weight excluding hydrogens is 516 g/mol. The summed E-state index contributed by atoms with van der Waals surface area (Å²) >= 11 is 3.42. The third-order valence-corrected chi connectivity index (χ3v) is 5.99. The number of halogens is 1. The number of benzene rings is 3. The lowest BCUT2D eigenvalue weighted by atomic mass is 10.1. The summed E-state index contributed by atoms with van der Waals surface area (Å²) in [4.78, 5) is 39.2. The zero-order valence-corrected chi connectivity index (χ0v) is 20.1. The van der Waals surface area contributed by atoms with Crippen molar-refractivity contribution in [2.75, 3.05) is 11.7 Å². The van der Waals surface area contributed by atoms with Crippen LogP contribution in [0, 0.1) is 6.92 Å². The molecule has 0 unspecified atom stereocenters. The Hall–Kier alpha value is -4.11. The van der Waals surface area contributed by atoms with Gasteiger partial charge >= 0.3 is 6.03 Å². The molecule has 1 N–H and O–H groups in total. The SMILES string of the molecule is Cc1ccc(N2C(=O)NC(=O)/C(=C\c3cc(Br)ccc3OCc3ccc4c(c3)OCO4)C2=O)cc1. The Morgan fingerprint density at radius 1 is 1.00 bits per heavy atom. The number of imide groups is 2. The molecule has 0 saturated carbocycles. The second-order valence-electron chi connectivity index (χ2n) is 7.95. The predicted molar refractivity (Wildman–Crippen MR) is 131 cm³/mol. The van der Waals surface area contributed by atoms with Gasteiger partial charge in [-0.15, -0.1) is 0 Å². The molecule has 0 spiro atoms. The Morgan fingerprint density at radius 3 is 2.57 bits per heavy atom. The summed E-state index contributed by atoms with van der Waals surface area (Å²) in [5.41, 5.74) is 2.51. The van der Waals surface area contributed by atoms with Crippen molar-refractivity contribution in [3.05, 3.63) is 87.4 Å². The summed E-state index contributed by atoms with van der Waals surface area (Å²) in [5, 5.41) is 2.24. The van der Waals surface area contributed by atoms with Gasteiger partial charge in [0.05, 0.1) is 5.69 Å². The van der Waals surface area contributed by atoms with Crippen molar-refractivity contribution in [3.63, 3.8) is 0 Å². The second kappa shape index (κ2) is 9.27. The smallest absolute Gasteiger partial charge is 0.335 e. The van der Waals surface area contributed by atoms with E-state index in [9.17, 15) is 14.4 Å². The fourth-order valence-corrected chi connectivity index (χ4v) is 4.08. The van der Waals surface area contributed by atoms with Crippen LogP contribution in [-0.4, -0.2) is 24.6 Å². The van der Waals surface area contributed by atoms with Crippen LogP contribution in [0.1, 0.15) is 16.7 Å². The van der Waals surface area contributed by atoms with Crippen molar-refractivity contribution >= 4 is 45.5 Å². The molecule has 2 aliphatic rings. The molecule has 0 aliphatic carbocycles. The van der Waals surface area contributed by atoms with Gasteiger partial charge in [0.1, 0.15) is 17.9 Å². The average Bonchev–Trinajstić information content (AvgIpc) is 3.30. The lowest BCUT2D eigenvalue weighted by Gasteiger charge is -2.26. The number of amides is 4. The van der Waals surface area contributed by atoms with Crippen molar-refractivity contribution in [1.82, 2.24) is 5.32 Å². The van der Waals surface area contributed by atoms with Crippen LogP contribution in [-0.2, 0) is 16.2 Å². The van der Waals surface area contributed by atoms with E-state index in [-0.39, 0.29) is 19.0 Å². The molecule has 0 bridgehead atoms. The monoisotopic (exact) mass is 534 g/mol. The van der Waals surface area contributed by atoms with Gasteiger partial charge in [-0.1, -0.05) is 39.7 Å². The summed E-state index contributed by atoms with van der Waals surface area (Å²) in [6.07, 6.45) is 1.42. The lowest BCUT2D eigenvalue weighted by Crippen LogP contribution is -2.54. The number of carbonyl (C=O) groups is 3. The molecule has 4 amide bonds. The maximum Gasteiger partial charge on any atom is 0.335 e. The molecule has 3 aromatic rings. The first-order valence-electron chi connectivity index (χ1n) is 10.7. The zero-order chi connectivity index (χ0) is 24.5. The Kier molecular flexibility index (Phi) is 6.00. The van der Waals surface area contributed by atoms with Gasteiger partial charge in [-0.2, -0.15) is 0 Å². The van der Waals surface area contributed by atoms with Crippen LogP contribution in [0.2, 0.25) is 0 Å². The molecule has 0 radical (unpaired) electrons. The van der Waals surface area contributed by atoms with E-state index < -0.39 is 17.8 Å². The third kappa shape index (κ3) is 4.63. The minimum atomic E-state index is -0.797. The van der Waals surface area contributed by atoms with E-state index in [1.165, 1.54) is 6.08 Å². The minimum Gasteiger partial charge on any atom is -0.488 e. The second-order valence-corrected chi connectivity index (χ2v) is 8.87. The maximum absolute atomic E-state index is 13.2. The molecule has 1 saturated heterocycles. The fourth-order valence-electron chi connectivity index (χ4n) is 3.70. The fraction of sp³-hybridized carbons (Fsp3) is 0.115. The normalized spacial score (nSPS) is 16.0. The first-order valence-corrected chi connectivity index (χ1v) is 11.5. The van der Waals surface area contributed by atoms with E-state index in [0.29, 0.717) is 28.5 Å². The zero-order valence-electron chi connectivity index (χ0n) is 18.5. The van der Waals surface area contributed by atoms with E-state index in [0.717, 1.165) is 20.5 Å². The van der Waals surface area contributed by atoms with Crippen molar-refractivity contribution in [2.24, 2.45) is 0 Å². The van der Waals surface area contributed by atoms with Gasteiger partial charge in [-0.25, -0.2) is 9.69 Å². The Morgan fingerprint density at radius 2 is 1.77 bits per heavy atom. The van der Waals surface area contributed by atoms with E-state index in [1.807, 2.05) is 25.1 Å². The van der Waals surface area contributed by atoms with Gasteiger partial charge in [0, 0.05) is 10.0 Å².